The van der Waals surface area contributed by atoms with E-state index in [0.29, 0.717) is 54.5 Å². The van der Waals surface area contributed by atoms with Crippen molar-refractivity contribution in [3.63, 3.8) is 0 Å². The Labute approximate surface area is 240 Å². The minimum atomic E-state index is -1.16. The van der Waals surface area contributed by atoms with Gasteiger partial charge in [0, 0.05) is 32.2 Å². The number of carboxylic acid groups (broad SMARTS) is 1. The third-order valence-electron chi connectivity index (χ3n) is 6.76. The van der Waals surface area contributed by atoms with Gasteiger partial charge in [0.25, 0.3) is 0 Å². The second kappa shape index (κ2) is 12.8. The SMILES string of the molecule is CCNc1nc(Nc2cc(C#N)cc(N3CC[C@@H](NC(=O)O)C(N(C)C[C@H](O)CO)C3)c2Cl)nn2c(C#N)cnc12. The Hall–Kier alpha value is -4.41. The first-order valence-corrected chi connectivity index (χ1v) is 13.2. The van der Waals surface area contributed by atoms with E-state index in [-0.39, 0.29) is 29.3 Å². The molecular formula is C25H30ClN11O4. The van der Waals surface area contributed by atoms with Gasteiger partial charge in [0.15, 0.2) is 17.2 Å². The van der Waals surface area contributed by atoms with Gasteiger partial charge in [-0.25, -0.2) is 9.78 Å². The summed E-state index contributed by atoms with van der Waals surface area (Å²) in [5.74, 6) is 0.522. The monoisotopic (exact) mass is 583 g/mol. The third-order valence-corrected chi connectivity index (χ3v) is 7.15. The van der Waals surface area contributed by atoms with Gasteiger partial charge in [0.1, 0.15) is 6.07 Å². The predicted molar refractivity (Wildman–Crippen MR) is 150 cm³/mol. The highest BCUT2D eigenvalue weighted by Gasteiger charge is 2.35. The quantitative estimate of drug-likeness (QED) is 0.198. The number of nitrogens with one attached hydrogen (secondary N) is 3. The largest absolute Gasteiger partial charge is 0.465 e. The van der Waals surface area contributed by atoms with Gasteiger partial charge in [0.2, 0.25) is 5.95 Å². The number of hydrogen-bond acceptors (Lipinski definition) is 12. The molecule has 1 aliphatic rings. The number of anilines is 4. The molecule has 1 unspecified atom stereocenters. The van der Waals surface area contributed by atoms with E-state index >= 15 is 0 Å². The zero-order valence-electron chi connectivity index (χ0n) is 22.4. The van der Waals surface area contributed by atoms with Crippen LogP contribution < -0.4 is 20.9 Å². The molecule has 2 aromatic heterocycles. The van der Waals surface area contributed by atoms with E-state index in [0.717, 1.165) is 0 Å². The summed E-state index contributed by atoms with van der Waals surface area (Å²) in [7, 11) is 1.74. The lowest BCUT2D eigenvalue weighted by molar-refractivity contribution is 0.0461. The van der Waals surface area contributed by atoms with Gasteiger partial charge in [-0.05, 0) is 32.5 Å². The average Bonchev–Trinajstić information content (AvgIpc) is 3.37. The molecule has 4 rings (SSSR count). The van der Waals surface area contributed by atoms with Gasteiger partial charge in [-0.15, -0.1) is 5.10 Å². The number of hydrogen-bond donors (Lipinski definition) is 6. The number of carbonyl (C=O) groups is 1. The fourth-order valence-corrected chi connectivity index (χ4v) is 5.14. The third kappa shape index (κ3) is 6.50. The van der Waals surface area contributed by atoms with Crippen LogP contribution in [0.4, 0.5) is 27.9 Å². The molecule has 1 aromatic carbocycles. The first-order chi connectivity index (χ1) is 19.7. The van der Waals surface area contributed by atoms with Crippen LogP contribution in [0.15, 0.2) is 18.3 Å². The standard InChI is InChI=1S/C25H30ClN11O4/c1-3-29-22-23-30-10-15(9-28)37(23)34-24(33-22)31-18-6-14(8-27)7-19(21(18)26)36-5-4-17(32-25(40)41)20(12-36)35(2)11-16(39)13-38/h6-7,10,16-17,20,32,38-39H,3-5,11-13H2,1-2H3,(H,40,41)(H2,29,31,33,34)/t16-,17+,20?/m0/s1. The number of halogens is 1. The number of nitrogens with zero attached hydrogens (tertiary/aromatic N) is 8. The maximum Gasteiger partial charge on any atom is 0.404 e. The van der Waals surface area contributed by atoms with Gasteiger partial charge in [-0.1, -0.05) is 11.6 Å². The van der Waals surface area contributed by atoms with Crippen LogP contribution in [0.3, 0.4) is 0 Å². The van der Waals surface area contributed by atoms with Gasteiger partial charge in [-0.3, -0.25) is 4.90 Å². The zero-order valence-corrected chi connectivity index (χ0v) is 23.2. The molecule has 6 N–H and O–H groups in total. The highest BCUT2D eigenvalue weighted by atomic mass is 35.5. The van der Waals surface area contributed by atoms with Crippen molar-refractivity contribution in [3.05, 3.63) is 34.6 Å². The van der Waals surface area contributed by atoms with Crippen LogP contribution in [0.5, 0.6) is 0 Å². The number of aliphatic hydroxyl groups is 2. The maximum absolute atomic E-state index is 11.5. The smallest absolute Gasteiger partial charge is 0.404 e. The highest BCUT2D eigenvalue weighted by molar-refractivity contribution is 6.36. The lowest BCUT2D eigenvalue weighted by atomic mass is 9.96. The summed E-state index contributed by atoms with van der Waals surface area (Å²) in [6.45, 7) is 2.89. The summed E-state index contributed by atoms with van der Waals surface area (Å²) in [6, 6.07) is 6.57. The average molecular weight is 584 g/mol. The second-order valence-electron chi connectivity index (χ2n) is 9.53. The van der Waals surface area contributed by atoms with Gasteiger partial charge >= 0.3 is 6.09 Å². The maximum atomic E-state index is 11.5. The van der Waals surface area contributed by atoms with Crippen molar-refractivity contribution >= 4 is 46.5 Å². The number of rotatable bonds is 10. The Kier molecular flexibility index (Phi) is 9.26. The second-order valence-corrected chi connectivity index (χ2v) is 9.91. The van der Waals surface area contributed by atoms with E-state index in [1.165, 1.54) is 10.7 Å². The lowest BCUT2D eigenvalue weighted by Gasteiger charge is -2.44. The molecule has 0 radical (unpaired) electrons. The van der Waals surface area contributed by atoms with Gasteiger partial charge in [-0.2, -0.15) is 20.0 Å². The fraction of sp³-hybridized carbons (Fsp3) is 0.440. The van der Waals surface area contributed by atoms with Crippen LogP contribution in [0.2, 0.25) is 5.02 Å². The molecule has 41 heavy (non-hydrogen) atoms. The molecule has 0 saturated carbocycles. The van der Waals surface area contributed by atoms with E-state index in [2.05, 4.69) is 37.1 Å². The molecule has 3 atom stereocenters. The molecule has 216 valence electrons. The fourth-order valence-electron chi connectivity index (χ4n) is 4.86. The first-order valence-electron chi connectivity index (χ1n) is 12.8. The minimum absolute atomic E-state index is 0.117. The Morgan fingerprint density at radius 1 is 1.34 bits per heavy atom. The van der Waals surface area contributed by atoms with Crippen molar-refractivity contribution in [2.75, 3.05) is 55.4 Å². The summed E-state index contributed by atoms with van der Waals surface area (Å²) in [5, 5.41) is 61.3. The number of fused-ring (bicyclic) bond motifs is 1. The van der Waals surface area contributed by atoms with Crippen LogP contribution >= 0.6 is 11.6 Å². The summed E-state index contributed by atoms with van der Waals surface area (Å²) in [5.41, 5.74) is 1.79. The molecule has 1 saturated heterocycles. The molecule has 15 nitrogen and oxygen atoms in total. The first kappa shape index (κ1) is 29.6. The molecule has 3 aromatic rings. The lowest BCUT2D eigenvalue weighted by Crippen LogP contribution is -2.60. The van der Waals surface area contributed by atoms with Crippen LogP contribution in [-0.4, -0.2) is 104 Å². The van der Waals surface area contributed by atoms with Crippen LogP contribution in [0.1, 0.15) is 24.6 Å². The summed E-state index contributed by atoms with van der Waals surface area (Å²) < 4.78 is 1.36. The highest BCUT2D eigenvalue weighted by Crippen LogP contribution is 2.37. The number of likely N-dealkylation sites (N-methyl/N-ethyl adjacent to an activating group) is 1. The van der Waals surface area contributed by atoms with Crippen molar-refractivity contribution in [1.82, 2.24) is 29.8 Å². The van der Waals surface area contributed by atoms with Crippen molar-refractivity contribution in [1.29, 1.82) is 10.5 Å². The van der Waals surface area contributed by atoms with E-state index < -0.39 is 24.8 Å². The van der Waals surface area contributed by atoms with E-state index in [1.807, 2.05) is 17.9 Å². The topological polar surface area (TPSA) is 211 Å². The number of piperidine rings is 1. The van der Waals surface area contributed by atoms with Gasteiger partial charge < -0.3 is 36.2 Å². The predicted octanol–water partition coefficient (Wildman–Crippen LogP) is 1.20. The molecular weight excluding hydrogens is 554 g/mol. The number of aromatic nitrogens is 4. The van der Waals surface area contributed by atoms with E-state index in [9.17, 15) is 30.6 Å². The molecule has 1 aliphatic heterocycles. The summed E-state index contributed by atoms with van der Waals surface area (Å²) in [6.07, 6.45) is -0.336. The van der Waals surface area contributed by atoms with Crippen LogP contribution in [0.25, 0.3) is 5.65 Å². The number of imidazole rings is 1. The number of nitriles is 2. The Bertz CT molecular complexity index is 1500. The van der Waals surface area contributed by atoms with Crippen molar-refractivity contribution in [2.24, 2.45) is 0 Å². The van der Waals surface area contributed by atoms with Crippen molar-refractivity contribution in [2.45, 2.75) is 31.5 Å². The number of aliphatic hydroxyl groups excluding tert-OH is 2. The zero-order chi connectivity index (χ0) is 29.7. The Balaban J connectivity index is 1.69. The minimum Gasteiger partial charge on any atom is -0.465 e. The number of benzene rings is 1. The van der Waals surface area contributed by atoms with Crippen LogP contribution in [-0.2, 0) is 0 Å². The molecule has 16 heteroatoms. The van der Waals surface area contributed by atoms with Crippen LogP contribution in [0, 0.1) is 22.7 Å². The molecule has 0 spiro atoms. The van der Waals surface area contributed by atoms with E-state index in [1.54, 1.807) is 24.1 Å². The molecule has 0 bridgehead atoms. The molecule has 1 amide bonds. The molecule has 3 heterocycles. The molecule has 0 aliphatic carbocycles. The number of amides is 1. The van der Waals surface area contributed by atoms with E-state index in [4.69, 9.17) is 11.6 Å². The van der Waals surface area contributed by atoms with Crippen molar-refractivity contribution in [3.8, 4) is 12.1 Å². The molecule has 1 fully saturated rings. The summed E-state index contributed by atoms with van der Waals surface area (Å²) in [4.78, 5) is 23.9. The normalized spacial score (nSPS) is 17.6. The van der Waals surface area contributed by atoms with Crippen molar-refractivity contribution < 1.29 is 20.1 Å². The van der Waals surface area contributed by atoms with Gasteiger partial charge in [0.05, 0.1) is 53.0 Å². The Morgan fingerprint density at radius 3 is 2.78 bits per heavy atom. The Morgan fingerprint density at radius 2 is 2.12 bits per heavy atom. The summed E-state index contributed by atoms with van der Waals surface area (Å²) >= 11 is 6.88.